The molecule has 0 aliphatic heterocycles. The standard InChI is InChI=1S/C22H38O2/c1-5-9-11-17(7-3)13-19-15-22(24)20(16-21(19)23)14-18(8-4)12-10-6-2/h15-18,23-24H,5-14H2,1-4H3. The van der Waals surface area contributed by atoms with Gasteiger partial charge < -0.3 is 10.2 Å². The summed E-state index contributed by atoms with van der Waals surface area (Å²) in [6, 6.07) is 3.62. The average Bonchev–Trinajstić information content (AvgIpc) is 2.58. The first kappa shape index (κ1) is 20.9. The minimum absolute atomic E-state index is 0.364. The lowest BCUT2D eigenvalue weighted by Gasteiger charge is -2.19. The fraction of sp³-hybridized carbons (Fsp3) is 0.727. The van der Waals surface area contributed by atoms with Crippen molar-refractivity contribution in [2.24, 2.45) is 11.8 Å². The van der Waals surface area contributed by atoms with Crippen LogP contribution in [0.3, 0.4) is 0 Å². The molecule has 1 aromatic rings. The summed E-state index contributed by atoms with van der Waals surface area (Å²) in [5.74, 6) is 1.91. The zero-order valence-electron chi connectivity index (χ0n) is 16.3. The number of aromatic hydroxyl groups is 2. The minimum atomic E-state index is 0.364. The van der Waals surface area contributed by atoms with E-state index < -0.39 is 0 Å². The van der Waals surface area contributed by atoms with Crippen molar-refractivity contribution in [2.45, 2.75) is 91.9 Å². The molecule has 0 saturated heterocycles. The molecule has 2 heteroatoms. The summed E-state index contributed by atoms with van der Waals surface area (Å²) < 4.78 is 0. The third-order valence-corrected chi connectivity index (χ3v) is 5.38. The van der Waals surface area contributed by atoms with Gasteiger partial charge in [-0.25, -0.2) is 0 Å². The highest BCUT2D eigenvalue weighted by atomic mass is 16.3. The number of phenols is 2. The van der Waals surface area contributed by atoms with Crippen molar-refractivity contribution >= 4 is 0 Å². The highest BCUT2D eigenvalue weighted by molar-refractivity contribution is 5.45. The van der Waals surface area contributed by atoms with Crippen molar-refractivity contribution in [3.05, 3.63) is 23.3 Å². The number of hydrogen-bond acceptors (Lipinski definition) is 2. The predicted molar refractivity (Wildman–Crippen MR) is 104 cm³/mol. The Morgan fingerprint density at radius 3 is 1.38 bits per heavy atom. The van der Waals surface area contributed by atoms with Crippen molar-refractivity contribution in [2.75, 3.05) is 0 Å². The van der Waals surface area contributed by atoms with Gasteiger partial charge in [0.15, 0.2) is 0 Å². The van der Waals surface area contributed by atoms with Crippen LogP contribution in [0.2, 0.25) is 0 Å². The van der Waals surface area contributed by atoms with Crippen LogP contribution in [0.5, 0.6) is 11.5 Å². The molecule has 2 nitrogen and oxygen atoms in total. The Balaban J connectivity index is 2.80. The van der Waals surface area contributed by atoms with E-state index in [1.807, 2.05) is 12.1 Å². The summed E-state index contributed by atoms with van der Waals surface area (Å²) in [6.45, 7) is 8.86. The summed E-state index contributed by atoms with van der Waals surface area (Å²) >= 11 is 0. The topological polar surface area (TPSA) is 40.5 Å². The lowest BCUT2D eigenvalue weighted by Crippen LogP contribution is -2.06. The van der Waals surface area contributed by atoms with E-state index in [9.17, 15) is 10.2 Å². The molecular formula is C22H38O2. The van der Waals surface area contributed by atoms with Gasteiger partial charge in [-0.1, -0.05) is 79.1 Å². The van der Waals surface area contributed by atoms with Crippen LogP contribution in [-0.4, -0.2) is 10.2 Å². The van der Waals surface area contributed by atoms with E-state index >= 15 is 0 Å². The summed E-state index contributed by atoms with van der Waals surface area (Å²) in [4.78, 5) is 0. The molecule has 0 aliphatic carbocycles. The van der Waals surface area contributed by atoms with Gasteiger partial charge in [-0.2, -0.15) is 0 Å². The molecule has 2 unspecified atom stereocenters. The Kier molecular flexibility index (Phi) is 9.90. The highest BCUT2D eigenvalue weighted by Crippen LogP contribution is 2.33. The van der Waals surface area contributed by atoms with Crippen LogP contribution in [0.25, 0.3) is 0 Å². The zero-order chi connectivity index (χ0) is 17.9. The van der Waals surface area contributed by atoms with Gasteiger partial charge in [-0.3, -0.25) is 0 Å². The van der Waals surface area contributed by atoms with Crippen LogP contribution in [0.1, 0.15) is 90.2 Å². The fourth-order valence-electron chi connectivity index (χ4n) is 3.50. The maximum atomic E-state index is 10.4. The van der Waals surface area contributed by atoms with Crippen molar-refractivity contribution in [1.82, 2.24) is 0 Å². The second kappa shape index (κ2) is 11.4. The molecule has 0 radical (unpaired) electrons. The number of phenolic OH excluding ortho intramolecular Hbond substituents is 2. The Hall–Kier alpha value is -1.18. The van der Waals surface area contributed by atoms with Crippen LogP contribution >= 0.6 is 0 Å². The molecule has 0 spiro atoms. The van der Waals surface area contributed by atoms with Gasteiger partial charge in [-0.15, -0.1) is 0 Å². The molecule has 0 aromatic heterocycles. The zero-order valence-corrected chi connectivity index (χ0v) is 16.3. The summed E-state index contributed by atoms with van der Waals surface area (Å²) in [5, 5.41) is 20.9. The first-order valence-corrected chi connectivity index (χ1v) is 10.1. The second-order valence-electron chi connectivity index (χ2n) is 7.35. The van der Waals surface area contributed by atoms with Crippen LogP contribution in [0.4, 0.5) is 0 Å². The average molecular weight is 335 g/mol. The number of rotatable bonds is 12. The molecule has 138 valence electrons. The maximum Gasteiger partial charge on any atom is 0.119 e. The molecule has 0 aliphatic rings. The quantitative estimate of drug-likeness (QED) is 0.422. The molecule has 0 bridgehead atoms. The first-order chi connectivity index (χ1) is 11.5. The third kappa shape index (κ3) is 6.75. The molecule has 0 heterocycles. The lowest BCUT2D eigenvalue weighted by molar-refractivity contribution is 0.409. The molecule has 0 amide bonds. The van der Waals surface area contributed by atoms with Crippen LogP contribution in [0.15, 0.2) is 12.1 Å². The van der Waals surface area contributed by atoms with Gasteiger partial charge >= 0.3 is 0 Å². The van der Waals surface area contributed by atoms with Crippen LogP contribution in [-0.2, 0) is 12.8 Å². The maximum absolute atomic E-state index is 10.4. The molecule has 0 saturated carbocycles. The number of hydrogen-bond donors (Lipinski definition) is 2. The van der Waals surface area contributed by atoms with E-state index in [0.29, 0.717) is 23.3 Å². The largest absolute Gasteiger partial charge is 0.508 e. The van der Waals surface area contributed by atoms with Crippen LogP contribution in [0, 0.1) is 11.8 Å². The Bertz CT molecular complexity index is 424. The smallest absolute Gasteiger partial charge is 0.119 e. The summed E-state index contributed by atoms with van der Waals surface area (Å²) in [6.07, 6.45) is 11.3. The van der Waals surface area contributed by atoms with E-state index in [-0.39, 0.29) is 0 Å². The fourth-order valence-corrected chi connectivity index (χ4v) is 3.50. The first-order valence-electron chi connectivity index (χ1n) is 10.1. The Labute approximate surface area is 149 Å². The van der Waals surface area contributed by atoms with Gasteiger partial charge in [0.2, 0.25) is 0 Å². The molecule has 1 rings (SSSR count). The van der Waals surface area contributed by atoms with Crippen LogP contribution < -0.4 is 0 Å². The predicted octanol–water partition coefficient (Wildman–Crippen LogP) is 6.62. The SMILES string of the molecule is CCCCC(CC)Cc1cc(O)c(CC(CC)CCCC)cc1O. The van der Waals surface area contributed by atoms with Gasteiger partial charge in [0.05, 0.1) is 0 Å². The molecular weight excluding hydrogens is 296 g/mol. The van der Waals surface area contributed by atoms with Gasteiger partial charge in [0.1, 0.15) is 11.5 Å². The van der Waals surface area contributed by atoms with Gasteiger partial charge in [0, 0.05) is 0 Å². The molecule has 2 atom stereocenters. The van der Waals surface area contributed by atoms with Crippen molar-refractivity contribution in [1.29, 1.82) is 0 Å². The van der Waals surface area contributed by atoms with E-state index in [1.54, 1.807) is 0 Å². The number of benzene rings is 1. The van der Waals surface area contributed by atoms with Gasteiger partial charge in [-0.05, 0) is 47.9 Å². The van der Waals surface area contributed by atoms with E-state index in [2.05, 4.69) is 27.7 Å². The summed E-state index contributed by atoms with van der Waals surface area (Å²) in [7, 11) is 0. The Morgan fingerprint density at radius 2 is 1.08 bits per heavy atom. The van der Waals surface area contributed by atoms with E-state index in [4.69, 9.17) is 0 Å². The molecule has 0 fully saturated rings. The van der Waals surface area contributed by atoms with E-state index in [0.717, 1.165) is 36.8 Å². The minimum Gasteiger partial charge on any atom is -0.508 e. The van der Waals surface area contributed by atoms with Crippen molar-refractivity contribution < 1.29 is 10.2 Å². The molecule has 1 aromatic carbocycles. The van der Waals surface area contributed by atoms with E-state index in [1.165, 1.54) is 38.5 Å². The monoisotopic (exact) mass is 334 g/mol. The summed E-state index contributed by atoms with van der Waals surface area (Å²) in [5.41, 5.74) is 1.81. The lowest BCUT2D eigenvalue weighted by atomic mass is 9.88. The molecule has 2 N–H and O–H groups in total. The molecule has 24 heavy (non-hydrogen) atoms. The number of unbranched alkanes of at least 4 members (excludes halogenated alkanes) is 2. The normalized spacial score (nSPS) is 13.8. The van der Waals surface area contributed by atoms with Crippen molar-refractivity contribution in [3.63, 3.8) is 0 Å². The Morgan fingerprint density at radius 1 is 0.708 bits per heavy atom. The highest BCUT2D eigenvalue weighted by Gasteiger charge is 2.16. The second-order valence-corrected chi connectivity index (χ2v) is 7.35. The third-order valence-electron chi connectivity index (χ3n) is 5.38. The van der Waals surface area contributed by atoms with Crippen molar-refractivity contribution in [3.8, 4) is 11.5 Å². The van der Waals surface area contributed by atoms with Gasteiger partial charge in [0.25, 0.3) is 0 Å².